The van der Waals surface area contributed by atoms with Crippen molar-refractivity contribution in [3.8, 4) is 0 Å². The quantitative estimate of drug-likeness (QED) is 0.417. The monoisotopic (exact) mass is 337 g/mol. The summed E-state index contributed by atoms with van der Waals surface area (Å²) in [6.45, 7) is 9.14. The van der Waals surface area contributed by atoms with E-state index in [4.69, 9.17) is 4.74 Å². The van der Waals surface area contributed by atoms with Crippen LogP contribution in [0, 0.1) is 0 Å². The van der Waals surface area contributed by atoms with Crippen LogP contribution >= 0.6 is 0 Å². The van der Waals surface area contributed by atoms with Crippen molar-refractivity contribution in [3.05, 3.63) is 83.9 Å². The Labute approximate surface area is 150 Å². The number of hydrogen-bond acceptors (Lipinski definition) is 2. The number of benzene rings is 2. The number of guanidine groups is 1. The summed E-state index contributed by atoms with van der Waals surface area (Å²) in [6, 6.07) is 18.6. The Hall–Kier alpha value is -2.59. The molecule has 0 spiro atoms. The molecule has 0 aromatic heterocycles. The smallest absolute Gasteiger partial charge is 0.191 e. The molecule has 0 aliphatic rings. The number of rotatable bonds is 9. The van der Waals surface area contributed by atoms with Crippen LogP contribution in [0.3, 0.4) is 0 Å². The normalized spacial score (nSPS) is 11.2. The van der Waals surface area contributed by atoms with Crippen molar-refractivity contribution < 1.29 is 4.74 Å². The van der Waals surface area contributed by atoms with Crippen LogP contribution in [0.15, 0.2) is 72.2 Å². The first-order chi connectivity index (χ1) is 12.3. The SMILES string of the molecule is C=CCNC(=NCc1cccc(COCc2ccccc2)c1)NCC. The molecule has 0 heterocycles. The highest BCUT2D eigenvalue weighted by Gasteiger charge is 1.99. The number of nitrogens with zero attached hydrogens (tertiary/aromatic N) is 1. The number of nitrogens with one attached hydrogen (secondary N) is 2. The van der Waals surface area contributed by atoms with E-state index >= 15 is 0 Å². The molecule has 2 aromatic rings. The van der Waals surface area contributed by atoms with E-state index in [-0.39, 0.29) is 0 Å². The highest BCUT2D eigenvalue weighted by Crippen LogP contribution is 2.09. The lowest BCUT2D eigenvalue weighted by molar-refractivity contribution is 0.107. The molecule has 0 fully saturated rings. The van der Waals surface area contributed by atoms with Gasteiger partial charge in [-0.25, -0.2) is 4.99 Å². The second kappa shape index (κ2) is 11.0. The van der Waals surface area contributed by atoms with Gasteiger partial charge in [0.1, 0.15) is 0 Å². The highest BCUT2D eigenvalue weighted by atomic mass is 16.5. The zero-order valence-electron chi connectivity index (χ0n) is 14.9. The van der Waals surface area contributed by atoms with Crippen molar-refractivity contribution in [2.75, 3.05) is 13.1 Å². The van der Waals surface area contributed by atoms with E-state index in [0.717, 1.165) is 23.6 Å². The Kier molecular flexibility index (Phi) is 8.29. The van der Waals surface area contributed by atoms with Crippen LogP contribution in [0.1, 0.15) is 23.6 Å². The number of ether oxygens (including phenoxy) is 1. The first-order valence-electron chi connectivity index (χ1n) is 8.64. The van der Waals surface area contributed by atoms with E-state index < -0.39 is 0 Å². The summed E-state index contributed by atoms with van der Waals surface area (Å²) in [6.07, 6.45) is 1.82. The van der Waals surface area contributed by atoms with Crippen molar-refractivity contribution in [2.24, 2.45) is 4.99 Å². The summed E-state index contributed by atoms with van der Waals surface area (Å²) in [5.41, 5.74) is 3.51. The summed E-state index contributed by atoms with van der Waals surface area (Å²) in [5.74, 6) is 0.799. The van der Waals surface area contributed by atoms with Gasteiger partial charge in [-0.2, -0.15) is 0 Å². The molecule has 0 radical (unpaired) electrons. The van der Waals surface area contributed by atoms with Crippen LogP contribution < -0.4 is 10.6 Å². The van der Waals surface area contributed by atoms with E-state index in [0.29, 0.717) is 26.3 Å². The zero-order valence-corrected chi connectivity index (χ0v) is 14.9. The van der Waals surface area contributed by atoms with Crippen LogP contribution in [-0.2, 0) is 24.5 Å². The Morgan fingerprint density at radius 1 is 1.00 bits per heavy atom. The maximum absolute atomic E-state index is 5.81. The van der Waals surface area contributed by atoms with Gasteiger partial charge in [-0.3, -0.25) is 0 Å². The molecule has 0 unspecified atom stereocenters. The molecule has 25 heavy (non-hydrogen) atoms. The van der Waals surface area contributed by atoms with Gasteiger partial charge in [-0.1, -0.05) is 60.7 Å². The summed E-state index contributed by atoms with van der Waals surface area (Å²) in [5, 5.41) is 6.42. The average molecular weight is 337 g/mol. The Morgan fingerprint density at radius 2 is 1.72 bits per heavy atom. The maximum atomic E-state index is 5.81. The molecule has 0 aliphatic heterocycles. The van der Waals surface area contributed by atoms with Crippen molar-refractivity contribution >= 4 is 5.96 Å². The van der Waals surface area contributed by atoms with Crippen molar-refractivity contribution in [3.63, 3.8) is 0 Å². The lowest BCUT2D eigenvalue weighted by atomic mass is 10.1. The Morgan fingerprint density at radius 3 is 2.48 bits per heavy atom. The minimum absolute atomic E-state index is 0.598. The lowest BCUT2D eigenvalue weighted by Gasteiger charge is -2.10. The second-order valence-corrected chi connectivity index (χ2v) is 5.66. The summed E-state index contributed by atoms with van der Waals surface area (Å²) in [7, 11) is 0. The third-order valence-corrected chi connectivity index (χ3v) is 3.55. The Balaban J connectivity index is 1.87. The van der Waals surface area contributed by atoms with Gasteiger partial charge in [0.2, 0.25) is 0 Å². The van der Waals surface area contributed by atoms with Gasteiger partial charge in [0.25, 0.3) is 0 Å². The average Bonchev–Trinajstić information content (AvgIpc) is 2.65. The molecule has 0 saturated heterocycles. The van der Waals surface area contributed by atoms with Gasteiger partial charge in [0.15, 0.2) is 5.96 Å². The van der Waals surface area contributed by atoms with Gasteiger partial charge in [0.05, 0.1) is 19.8 Å². The molecule has 0 atom stereocenters. The molecule has 132 valence electrons. The maximum Gasteiger partial charge on any atom is 0.191 e. The molecule has 2 aromatic carbocycles. The van der Waals surface area contributed by atoms with E-state index in [1.807, 2.05) is 24.3 Å². The third-order valence-electron chi connectivity index (χ3n) is 3.55. The van der Waals surface area contributed by atoms with Crippen molar-refractivity contribution in [1.29, 1.82) is 0 Å². The van der Waals surface area contributed by atoms with Gasteiger partial charge in [-0.05, 0) is 23.6 Å². The van der Waals surface area contributed by atoms with Crippen LogP contribution in [0.25, 0.3) is 0 Å². The zero-order chi connectivity index (χ0) is 17.7. The summed E-state index contributed by atoms with van der Waals surface area (Å²) >= 11 is 0. The molecule has 0 amide bonds. The van der Waals surface area contributed by atoms with Crippen molar-refractivity contribution in [2.45, 2.75) is 26.7 Å². The molecule has 0 bridgehead atoms. The fourth-order valence-electron chi connectivity index (χ4n) is 2.36. The topological polar surface area (TPSA) is 45.7 Å². The molecule has 0 aliphatic carbocycles. The molecule has 2 N–H and O–H groups in total. The summed E-state index contributed by atoms with van der Waals surface area (Å²) in [4.78, 5) is 4.60. The number of hydrogen-bond donors (Lipinski definition) is 2. The van der Waals surface area contributed by atoms with Crippen LogP contribution in [0.2, 0.25) is 0 Å². The van der Waals surface area contributed by atoms with E-state index in [1.165, 1.54) is 5.56 Å². The van der Waals surface area contributed by atoms with Crippen LogP contribution in [-0.4, -0.2) is 19.0 Å². The van der Waals surface area contributed by atoms with Crippen LogP contribution in [0.4, 0.5) is 0 Å². The fraction of sp³-hybridized carbons (Fsp3) is 0.286. The van der Waals surface area contributed by atoms with Gasteiger partial charge < -0.3 is 15.4 Å². The third kappa shape index (κ3) is 7.23. The van der Waals surface area contributed by atoms with Gasteiger partial charge >= 0.3 is 0 Å². The lowest BCUT2D eigenvalue weighted by Crippen LogP contribution is -2.37. The number of aliphatic imine (C=N–C) groups is 1. The summed E-state index contributed by atoms with van der Waals surface area (Å²) < 4.78 is 5.81. The first-order valence-corrected chi connectivity index (χ1v) is 8.64. The van der Waals surface area contributed by atoms with Gasteiger partial charge in [0, 0.05) is 13.1 Å². The largest absolute Gasteiger partial charge is 0.372 e. The predicted molar refractivity (Wildman–Crippen MR) is 104 cm³/mol. The molecule has 2 rings (SSSR count). The molecular weight excluding hydrogens is 310 g/mol. The van der Waals surface area contributed by atoms with Crippen LogP contribution in [0.5, 0.6) is 0 Å². The minimum Gasteiger partial charge on any atom is -0.372 e. The van der Waals surface area contributed by atoms with E-state index in [1.54, 1.807) is 0 Å². The predicted octanol–water partition coefficient (Wildman–Crippen LogP) is 3.64. The molecule has 4 nitrogen and oxygen atoms in total. The minimum atomic E-state index is 0.598. The van der Waals surface area contributed by atoms with Crippen molar-refractivity contribution in [1.82, 2.24) is 10.6 Å². The van der Waals surface area contributed by atoms with Gasteiger partial charge in [-0.15, -0.1) is 6.58 Å². The fourth-order valence-corrected chi connectivity index (χ4v) is 2.36. The molecule has 4 heteroatoms. The second-order valence-electron chi connectivity index (χ2n) is 5.66. The Bertz CT molecular complexity index is 668. The standard InChI is InChI=1S/C21H27N3O/c1-3-13-23-21(22-4-2)24-15-19-11-8-12-20(14-19)17-25-16-18-9-6-5-7-10-18/h3,5-12,14H,1,4,13,15-17H2,2H3,(H2,22,23,24). The first kappa shape index (κ1) is 18.7. The van der Waals surface area contributed by atoms with E-state index in [9.17, 15) is 0 Å². The molecular formula is C21H27N3O. The molecule has 0 saturated carbocycles. The van der Waals surface area contributed by atoms with E-state index in [2.05, 4.69) is 65.5 Å². The highest BCUT2D eigenvalue weighted by molar-refractivity contribution is 5.79.